The average Bonchev–Trinajstić information content (AvgIpc) is 2.68. The minimum atomic E-state index is -1.01. The molecule has 1 aromatic heterocycles. The van der Waals surface area contributed by atoms with Gasteiger partial charge in [-0.2, -0.15) is 9.49 Å². The lowest BCUT2D eigenvalue weighted by atomic mass is 10.2. The van der Waals surface area contributed by atoms with Crippen molar-refractivity contribution in [3.63, 3.8) is 0 Å². The maximum absolute atomic E-state index is 13.4. The van der Waals surface area contributed by atoms with Crippen LogP contribution in [0.25, 0.3) is 0 Å². The number of H-pyrrole nitrogens is 1. The van der Waals surface area contributed by atoms with Gasteiger partial charge in [0.1, 0.15) is 0 Å². The molecule has 0 aliphatic rings. The van der Waals surface area contributed by atoms with Crippen LogP contribution in [0.1, 0.15) is 21.7 Å². The Morgan fingerprint density at radius 1 is 1.45 bits per heavy atom. The molecule has 0 saturated heterocycles. The van der Waals surface area contributed by atoms with E-state index in [-0.39, 0.29) is 5.69 Å². The van der Waals surface area contributed by atoms with Crippen molar-refractivity contribution < 1.29 is 14.1 Å². The zero-order valence-corrected chi connectivity index (χ0v) is 10.7. The Balaban J connectivity index is 2.25. The molecule has 0 atom stereocenters. The molecule has 0 fully saturated rings. The summed E-state index contributed by atoms with van der Waals surface area (Å²) in [5.74, 6) is -1.46. The minimum Gasteiger partial charge on any atom is -0.322 e. The number of benzene rings is 1. The second-order valence-corrected chi connectivity index (χ2v) is 4.19. The summed E-state index contributed by atoms with van der Waals surface area (Å²) in [5, 5.41) is 19.5. The largest absolute Gasteiger partial charge is 0.322 e. The number of hydrogen-bond donors (Lipinski definition) is 2. The second-order valence-electron chi connectivity index (χ2n) is 4.19. The molecule has 2 rings (SSSR count). The summed E-state index contributed by atoms with van der Waals surface area (Å²) in [6.07, 6.45) is 0. The number of rotatable bonds is 3. The summed E-state index contributed by atoms with van der Waals surface area (Å²) in [4.78, 5) is 21.7. The third-order valence-corrected chi connectivity index (χ3v) is 2.76. The molecule has 20 heavy (non-hydrogen) atoms. The summed E-state index contributed by atoms with van der Waals surface area (Å²) in [6.45, 7) is 3.35. The lowest BCUT2D eigenvalue weighted by molar-refractivity contribution is -0.387. The minimum absolute atomic E-state index is 0.137. The Morgan fingerprint density at radius 3 is 2.65 bits per heavy atom. The molecule has 0 saturated carbocycles. The highest BCUT2D eigenvalue weighted by atomic mass is 19.1. The van der Waals surface area contributed by atoms with Crippen molar-refractivity contribution in [3.05, 3.63) is 51.1 Å². The number of halogens is 1. The Kier molecular flexibility index (Phi) is 3.47. The van der Waals surface area contributed by atoms with Crippen molar-refractivity contribution in [1.82, 2.24) is 10.2 Å². The first-order valence-electron chi connectivity index (χ1n) is 5.67. The van der Waals surface area contributed by atoms with Gasteiger partial charge >= 0.3 is 5.69 Å². The second kappa shape index (κ2) is 5.08. The smallest absolute Gasteiger partial charge is 0.304 e. The summed E-state index contributed by atoms with van der Waals surface area (Å²) in [5.41, 5.74) is 0.963. The zero-order valence-electron chi connectivity index (χ0n) is 10.7. The van der Waals surface area contributed by atoms with E-state index in [2.05, 4.69) is 15.5 Å². The SMILES string of the molecule is Cc1n[nH]c(C)c1C(=O)Nc1ccc([N+](=O)[O-])c(F)c1. The van der Waals surface area contributed by atoms with Crippen LogP contribution in [0.2, 0.25) is 0 Å². The third kappa shape index (κ3) is 2.48. The number of aryl methyl sites for hydroxylation is 2. The fourth-order valence-electron chi connectivity index (χ4n) is 1.81. The van der Waals surface area contributed by atoms with Crippen molar-refractivity contribution in [3.8, 4) is 0 Å². The maximum atomic E-state index is 13.4. The molecule has 1 aromatic carbocycles. The number of hydrogen-bond acceptors (Lipinski definition) is 4. The van der Waals surface area contributed by atoms with E-state index in [1.807, 2.05) is 0 Å². The predicted octanol–water partition coefficient (Wildman–Crippen LogP) is 2.33. The van der Waals surface area contributed by atoms with Crippen LogP contribution in [-0.2, 0) is 0 Å². The van der Waals surface area contributed by atoms with Gasteiger partial charge in [0.05, 0.1) is 16.2 Å². The molecule has 2 N–H and O–H groups in total. The number of nitrogens with zero attached hydrogens (tertiary/aromatic N) is 2. The van der Waals surface area contributed by atoms with Gasteiger partial charge in [-0.15, -0.1) is 0 Å². The number of anilines is 1. The number of nitro groups is 1. The van der Waals surface area contributed by atoms with Crippen molar-refractivity contribution in [2.24, 2.45) is 0 Å². The molecular formula is C12H11FN4O3. The van der Waals surface area contributed by atoms with E-state index in [0.717, 1.165) is 12.1 Å². The predicted molar refractivity (Wildman–Crippen MR) is 69.1 cm³/mol. The van der Waals surface area contributed by atoms with E-state index < -0.39 is 22.3 Å². The molecule has 104 valence electrons. The Morgan fingerprint density at radius 2 is 2.15 bits per heavy atom. The maximum Gasteiger partial charge on any atom is 0.304 e. The molecule has 8 heteroatoms. The van der Waals surface area contributed by atoms with Gasteiger partial charge in [-0.25, -0.2) is 0 Å². The van der Waals surface area contributed by atoms with Gasteiger partial charge in [-0.1, -0.05) is 0 Å². The molecule has 1 heterocycles. The Labute approximate surface area is 113 Å². The Hall–Kier alpha value is -2.77. The van der Waals surface area contributed by atoms with Crippen LogP contribution < -0.4 is 5.32 Å². The fraction of sp³-hybridized carbons (Fsp3) is 0.167. The molecule has 0 spiro atoms. The average molecular weight is 278 g/mol. The number of amides is 1. The topological polar surface area (TPSA) is 101 Å². The highest BCUT2D eigenvalue weighted by Gasteiger charge is 2.18. The van der Waals surface area contributed by atoms with Gasteiger partial charge in [0.2, 0.25) is 5.82 Å². The van der Waals surface area contributed by atoms with E-state index in [9.17, 15) is 19.3 Å². The summed E-state index contributed by atoms with van der Waals surface area (Å²) >= 11 is 0. The molecule has 0 unspecified atom stereocenters. The van der Waals surface area contributed by atoms with Gasteiger partial charge in [0.15, 0.2) is 0 Å². The van der Waals surface area contributed by atoms with Gasteiger partial charge in [-0.05, 0) is 19.9 Å². The summed E-state index contributed by atoms with van der Waals surface area (Å²) in [7, 11) is 0. The Bertz CT molecular complexity index is 677. The number of aromatic amines is 1. The highest BCUT2D eigenvalue weighted by molar-refractivity contribution is 6.05. The van der Waals surface area contributed by atoms with E-state index in [1.165, 1.54) is 6.07 Å². The standard InChI is InChI=1S/C12H11FN4O3/c1-6-11(7(2)16-15-6)12(18)14-8-3-4-10(17(19)20)9(13)5-8/h3-5H,1-2H3,(H,14,18)(H,15,16). The molecule has 7 nitrogen and oxygen atoms in total. The number of aromatic nitrogens is 2. The molecule has 0 bridgehead atoms. The van der Waals surface area contributed by atoms with Crippen LogP contribution in [0.15, 0.2) is 18.2 Å². The lowest BCUT2D eigenvalue weighted by Gasteiger charge is -2.05. The van der Waals surface area contributed by atoms with Gasteiger partial charge in [0, 0.05) is 23.5 Å². The molecule has 0 aliphatic carbocycles. The van der Waals surface area contributed by atoms with Crippen LogP contribution in [0, 0.1) is 29.8 Å². The number of nitro benzene ring substituents is 1. The zero-order chi connectivity index (χ0) is 14.9. The third-order valence-electron chi connectivity index (χ3n) is 2.76. The molecule has 0 aliphatic heterocycles. The van der Waals surface area contributed by atoms with Gasteiger partial charge in [0.25, 0.3) is 5.91 Å². The number of carbonyl (C=O) groups is 1. The molecule has 0 radical (unpaired) electrons. The van der Waals surface area contributed by atoms with E-state index >= 15 is 0 Å². The van der Waals surface area contributed by atoms with Crippen LogP contribution >= 0.6 is 0 Å². The lowest BCUT2D eigenvalue weighted by Crippen LogP contribution is -2.14. The molecule has 2 aromatic rings. The van der Waals surface area contributed by atoms with Crippen molar-refractivity contribution in [2.75, 3.05) is 5.32 Å². The quantitative estimate of drug-likeness (QED) is 0.664. The van der Waals surface area contributed by atoms with E-state index in [1.54, 1.807) is 13.8 Å². The van der Waals surface area contributed by atoms with Crippen LogP contribution in [0.3, 0.4) is 0 Å². The van der Waals surface area contributed by atoms with Crippen LogP contribution in [-0.4, -0.2) is 21.0 Å². The highest BCUT2D eigenvalue weighted by Crippen LogP contribution is 2.21. The number of nitrogens with one attached hydrogen (secondary N) is 2. The monoisotopic (exact) mass is 278 g/mol. The first kappa shape index (κ1) is 13.7. The first-order valence-corrected chi connectivity index (χ1v) is 5.67. The van der Waals surface area contributed by atoms with Gasteiger partial charge in [-0.3, -0.25) is 20.0 Å². The van der Waals surface area contributed by atoms with Crippen LogP contribution in [0.5, 0.6) is 0 Å². The van der Waals surface area contributed by atoms with Crippen molar-refractivity contribution in [2.45, 2.75) is 13.8 Å². The normalized spacial score (nSPS) is 10.3. The van der Waals surface area contributed by atoms with E-state index in [4.69, 9.17) is 0 Å². The molecule has 1 amide bonds. The van der Waals surface area contributed by atoms with Crippen molar-refractivity contribution in [1.29, 1.82) is 0 Å². The van der Waals surface area contributed by atoms with Crippen LogP contribution in [0.4, 0.5) is 15.8 Å². The first-order chi connectivity index (χ1) is 9.40. The fourth-order valence-corrected chi connectivity index (χ4v) is 1.81. The summed E-state index contributed by atoms with van der Waals surface area (Å²) in [6, 6.07) is 3.17. The van der Waals surface area contributed by atoms with E-state index in [0.29, 0.717) is 17.0 Å². The molecular weight excluding hydrogens is 267 g/mol. The number of carbonyl (C=O) groups excluding carboxylic acids is 1. The summed E-state index contributed by atoms with van der Waals surface area (Å²) < 4.78 is 13.4. The van der Waals surface area contributed by atoms with Crippen molar-refractivity contribution >= 4 is 17.3 Å². The van der Waals surface area contributed by atoms with Gasteiger partial charge < -0.3 is 5.32 Å².